The van der Waals surface area contributed by atoms with Crippen molar-refractivity contribution in [3.8, 4) is 5.69 Å². The number of tetrazole rings is 1. The molecule has 9 heteroatoms. The fraction of sp³-hybridized carbons (Fsp3) is 0.176. The van der Waals surface area contributed by atoms with Gasteiger partial charge in [-0.3, -0.25) is 4.79 Å². The van der Waals surface area contributed by atoms with Crippen molar-refractivity contribution in [3.05, 3.63) is 59.2 Å². The van der Waals surface area contributed by atoms with Gasteiger partial charge in [-0.1, -0.05) is 17.8 Å². The van der Waals surface area contributed by atoms with Crippen LogP contribution in [0.4, 0.5) is 14.5 Å². The molecule has 0 fully saturated rings. The van der Waals surface area contributed by atoms with E-state index in [1.54, 1.807) is 0 Å². The summed E-state index contributed by atoms with van der Waals surface area (Å²) >= 11 is 1.10. The van der Waals surface area contributed by atoms with Gasteiger partial charge >= 0.3 is 0 Å². The average molecular weight is 375 g/mol. The molecule has 0 aliphatic rings. The van der Waals surface area contributed by atoms with Gasteiger partial charge < -0.3 is 5.32 Å². The number of benzene rings is 2. The minimum Gasteiger partial charge on any atom is -0.323 e. The predicted octanol–water partition coefficient (Wildman–Crippen LogP) is 3.29. The van der Waals surface area contributed by atoms with E-state index in [9.17, 15) is 13.6 Å². The Balaban J connectivity index is 1.70. The maximum Gasteiger partial charge on any atom is 0.234 e. The normalized spacial score (nSPS) is 10.8. The number of thioether (sulfide) groups is 1. The molecule has 134 valence electrons. The average Bonchev–Trinajstić information content (AvgIpc) is 3.04. The van der Waals surface area contributed by atoms with Crippen LogP contribution in [0.1, 0.15) is 11.1 Å². The lowest BCUT2D eigenvalue weighted by molar-refractivity contribution is -0.113. The zero-order valence-electron chi connectivity index (χ0n) is 14.0. The number of nitrogens with zero attached hydrogens (tertiary/aromatic N) is 4. The van der Waals surface area contributed by atoms with Crippen molar-refractivity contribution in [1.82, 2.24) is 20.2 Å². The van der Waals surface area contributed by atoms with Gasteiger partial charge in [0.05, 0.1) is 17.1 Å². The van der Waals surface area contributed by atoms with Crippen molar-refractivity contribution in [2.24, 2.45) is 0 Å². The summed E-state index contributed by atoms with van der Waals surface area (Å²) in [6.45, 7) is 3.93. The van der Waals surface area contributed by atoms with Gasteiger partial charge in [-0.05, 0) is 59.7 Å². The molecule has 26 heavy (non-hydrogen) atoms. The van der Waals surface area contributed by atoms with E-state index >= 15 is 0 Å². The number of nitrogens with one attached hydrogen (secondary N) is 1. The summed E-state index contributed by atoms with van der Waals surface area (Å²) in [7, 11) is 0. The van der Waals surface area contributed by atoms with E-state index < -0.39 is 17.5 Å². The summed E-state index contributed by atoms with van der Waals surface area (Å²) in [5, 5.41) is 14.3. The van der Waals surface area contributed by atoms with E-state index in [-0.39, 0.29) is 11.4 Å². The molecule has 1 aromatic heterocycles. The quantitative estimate of drug-likeness (QED) is 0.693. The molecule has 0 atom stereocenters. The van der Waals surface area contributed by atoms with Crippen LogP contribution in [0.5, 0.6) is 0 Å². The fourth-order valence-corrected chi connectivity index (χ4v) is 3.10. The topological polar surface area (TPSA) is 72.7 Å². The Hall–Kier alpha value is -2.81. The Morgan fingerprint density at radius 3 is 2.62 bits per heavy atom. The second-order valence-corrected chi connectivity index (χ2v) is 6.62. The molecule has 1 N–H and O–H groups in total. The number of amides is 1. The maximum atomic E-state index is 13.6. The Bertz CT molecular complexity index is 940. The standard InChI is InChI=1S/C17H15F2N5OS/c1-10-5-11(2)7-13(6-10)24-17(21-22-23-24)26-9-16(25)20-15-8-12(18)3-4-14(15)19/h3-8H,9H2,1-2H3,(H,20,25). The van der Waals surface area contributed by atoms with Crippen LogP contribution in [0.15, 0.2) is 41.6 Å². The van der Waals surface area contributed by atoms with E-state index in [2.05, 4.69) is 20.8 Å². The number of aromatic nitrogens is 4. The number of anilines is 1. The van der Waals surface area contributed by atoms with Crippen LogP contribution in [-0.2, 0) is 4.79 Å². The zero-order valence-corrected chi connectivity index (χ0v) is 14.8. The Kier molecular flexibility index (Phi) is 5.27. The van der Waals surface area contributed by atoms with Crippen molar-refractivity contribution < 1.29 is 13.6 Å². The lowest BCUT2D eigenvalue weighted by atomic mass is 10.1. The van der Waals surface area contributed by atoms with Crippen LogP contribution >= 0.6 is 11.8 Å². The molecule has 0 aliphatic carbocycles. The summed E-state index contributed by atoms with van der Waals surface area (Å²) in [6, 6.07) is 8.75. The molecule has 1 heterocycles. The van der Waals surface area contributed by atoms with Crippen molar-refractivity contribution >= 4 is 23.4 Å². The third kappa shape index (κ3) is 4.23. The second kappa shape index (κ2) is 7.61. The minimum atomic E-state index is -0.704. The van der Waals surface area contributed by atoms with Gasteiger partial charge in [-0.25, -0.2) is 8.78 Å². The third-order valence-corrected chi connectivity index (χ3v) is 4.35. The third-order valence-electron chi connectivity index (χ3n) is 3.43. The van der Waals surface area contributed by atoms with Gasteiger partial charge in [0, 0.05) is 6.07 Å². The van der Waals surface area contributed by atoms with Crippen molar-refractivity contribution in [2.45, 2.75) is 19.0 Å². The molecule has 3 aromatic rings. The number of halogens is 2. The lowest BCUT2D eigenvalue weighted by Crippen LogP contribution is -2.15. The summed E-state index contributed by atoms with van der Waals surface area (Å²) in [5.74, 6) is -1.88. The molecule has 3 rings (SSSR count). The van der Waals surface area contributed by atoms with Gasteiger partial charge in [0.2, 0.25) is 11.1 Å². The number of carbonyl (C=O) groups is 1. The van der Waals surface area contributed by atoms with Crippen LogP contribution in [0.2, 0.25) is 0 Å². The highest BCUT2D eigenvalue weighted by Gasteiger charge is 2.14. The summed E-state index contributed by atoms with van der Waals surface area (Å²) < 4.78 is 28.3. The van der Waals surface area contributed by atoms with Crippen LogP contribution in [0, 0.1) is 25.5 Å². The van der Waals surface area contributed by atoms with E-state index in [0.717, 1.165) is 46.8 Å². The molecule has 0 bridgehead atoms. The van der Waals surface area contributed by atoms with Gasteiger partial charge in [0.15, 0.2) is 0 Å². The second-order valence-electron chi connectivity index (χ2n) is 5.68. The molecule has 0 radical (unpaired) electrons. The molecular formula is C17H15F2N5OS. The fourth-order valence-electron chi connectivity index (χ4n) is 2.41. The molecule has 0 unspecified atom stereocenters. The number of aryl methyl sites for hydroxylation is 2. The number of hydrogen-bond donors (Lipinski definition) is 1. The number of rotatable bonds is 5. The first-order chi connectivity index (χ1) is 12.4. The molecule has 0 spiro atoms. The Labute approximate surface area is 152 Å². The van der Waals surface area contributed by atoms with E-state index in [4.69, 9.17) is 0 Å². The van der Waals surface area contributed by atoms with Crippen LogP contribution in [0.3, 0.4) is 0 Å². The SMILES string of the molecule is Cc1cc(C)cc(-n2nnnc2SCC(=O)Nc2cc(F)ccc2F)c1. The first-order valence-electron chi connectivity index (χ1n) is 7.67. The van der Waals surface area contributed by atoms with Crippen LogP contribution in [0.25, 0.3) is 5.69 Å². The molecular weight excluding hydrogens is 360 g/mol. The first-order valence-corrected chi connectivity index (χ1v) is 8.65. The Morgan fingerprint density at radius 1 is 1.15 bits per heavy atom. The Morgan fingerprint density at radius 2 is 1.88 bits per heavy atom. The monoisotopic (exact) mass is 375 g/mol. The van der Waals surface area contributed by atoms with Gasteiger partial charge in [-0.15, -0.1) is 5.10 Å². The van der Waals surface area contributed by atoms with Crippen molar-refractivity contribution in [2.75, 3.05) is 11.1 Å². The summed E-state index contributed by atoms with van der Waals surface area (Å²) in [5.41, 5.74) is 2.70. The van der Waals surface area contributed by atoms with Crippen LogP contribution in [-0.4, -0.2) is 31.9 Å². The predicted molar refractivity (Wildman–Crippen MR) is 94.3 cm³/mol. The number of carbonyl (C=O) groups excluding carboxylic acids is 1. The smallest absolute Gasteiger partial charge is 0.234 e. The van der Waals surface area contributed by atoms with E-state index in [1.165, 1.54) is 4.68 Å². The minimum absolute atomic E-state index is 0.0544. The largest absolute Gasteiger partial charge is 0.323 e. The molecule has 2 aromatic carbocycles. The number of hydrogen-bond acceptors (Lipinski definition) is 5. The van der Waals surface area contributed by atoms with E-state index in [0.29, 0.717) is 5.16 Å². The highest BCUT2D eigenvalue weighted by Crippen LogP contribution is 2.21. The van der Waals surface area contributed by atoms with Gasteiger partial charge in [-0.2, -0.15) is 4.68 Å². The van der Waals surface area contributed by atoms with Crippen LogP contribution < -0.4 is 5.32 Å². The molecule has 1 amide bonds. The van der Waals surface area contributed by atoms with E-state index in [1.807, 2.05) is 32.0 Å². The van der Waals surface area contributed by atoms with Gasteiger partial charge in [0.25, 0.3) is 0 Å². The summed E-state index contributed by atoms with van der Waals surface area (Å²) in [6.07, 6.45) is 0. The molecule has 6 nitrogen and oxygen atoms in total. The highest BCUT2D eigenvalue weighted by molar-refractivity contribution is 7.99. The molecule has 0 aliphatic heterocycles. The summed E-state index contributed by atoms with van der Waals surface area (Å²) in [4.78, 5) is 12.0. The molecule has 0 saturated heterocycles. The lowest BCUT2D eigenvalue weighted by Gasteiger charge is -2.08. The zero-order chi connectivity index (χ0) is 18.7. The van der Waals surface area contributed by atoms with Crippen molar-refractivity contribution in [1.29, 1.82) is 0 Å². The molecule has 0 saturated carbocycles. The highest BCUT2D eigenvalue weighted by atomic mass is 32.2. The van der Waals surface area contributed by atoms with Crippen molar-refractivity contribution in [3.63, 3.8) is 0 Å². The van der Waals surface area contributed by atoms with Gasteiger partial charge in [0.1, 0.15) is 11.6 Å². The maximum absolute atomic E-state index is 13.6. The first kappa shape index (κ1) is 18.0.